The van der Waals surface area contributed by atoms with E-state index in [-0.39, 0.29) is 17.5 Å². The number of benzene rings is 1. The molecule has 1 atom stereocenters. The van der Waals surface area contributed by atoms with E-state index >= 15 is 0 Å². The SMILES string of the molecule is O=C(CS(=O)c1cccc(F)c1)C1CCCC1. The Morgan fingerprint density at radius 1 is 1.35 bits per heavy atom. The minimum Gasteiger partial charge on any atom is -0.298 e. The lowest BCUT2D eigenvalue weighted by Crippen LogP contribution is -2.18. The van der Waals surface area contributed by atoms with Gasteiger partial charge in [0, 0.05) is 10.8 Å². The maximum atomic E-state index is 12.9. The summed E-state index contributed by atoms with van der Waals surface area (Å²) in [5.74, 6) is -0.254. The topological polar surface area (TPSA) is 34.1 Å². The Morgan fingerprint density at radius 3 is 2.71 bits per heavy atom. The largest absolute Gasteiger partial charge is 0.298 e. The second-order valence-electron chi connectivity index (χ2n) is 4.39. The van der Waals surface area contributed by atoms with Crippen molar-refractivity contribution < 1.29 is 13.4 Å². The fourth-order valence-electron chi connectivity index (χ4n) is 2.19. The van der Waals surface area contributed by atoms with Gasteiger partial charge in [0.1, 0.15) is 11.6 Å². The van der Waals surface area contributed by atoms with Crippen LogP contribution >= 0.6 is 0 Å². The summed E-state index contributed by atoms with van der Waals surface area (Å²) in [4.78, 5) is 12.2. The van der Waals surface area contributed by atoms with Crippen LogP contribution < -0.4 is 0 Å². The van der Waals surface area contributed by atoms with Crippen LogP contribution in [0.2, 0.25) is 0 Å². The lowest BCUT2D eigenvalue weighted by atomic mass is 10.0. The van der Waals surface area contributed by atoms with Gasteiger partial charge in [-0.05, 0) is 31.0 Å². The first-order valence-electron chi connectivity index (χ1n) is 5.83. The summed E-state index contributed by atoms with van der Waals surface area (Å²) >= 11 is 0. The normalized spacial score (nSPS) is 18.2. The Bertz CT molecular complexity index is 439. The average molecular weight is 254 g/mol. The highest BCUT2D eigenvalue weighted by molar-refractivity contribution is 7.85. The summed E-state index contributed by atoms with van der Waals surface area (Å²) in [6.07, 6.45) is 4.00. The van der Waals surface area contributed by atoms with Crippen LogP contribution in [0, 0.1) is 11.7 Å². The van der Waals surface area contributed by atoms with Gasteiger partial charge in [-0.25, -0.2) is 4.39 Å². The van der Waals surface area contributed by atoms with E-state index in [1.165, 1.54) is 18.2 Å². The van der Waals surface area contributed by atoms with Crippen molar-refractivity contribution in [2.75, 3.05) is 5.75 Å². The van der Waals surface area contributed by atoms with Crippen LogP contribution in [0.25, 0.3) is 0 Å². The van der Waals surface area contributed by atoms with E-state index < -0.39 is 16.6 Å². The van der Waals surface area contributed by atoms with Gasteiger partial charge in [-0.1, -0.05) is 18.9 Å². The first-order valence-corrected chi connectivity index (χ1v) is 7.15. The lowest BCUT2D eigenvalue weighted by Gasteiger charge is -2.07. The highest BCUT2D eigenvalue weighted by atomic mass is 32.2. The Balaban J connectivity index is 1.99. The molecule has 0 radical (unpaired) electrons. The fraction of sp³-hybridized carbons (Fsp3) is 0.462. The molecule has 0 amide bonds. The van der Waals surface area contributed by atoms with Gasteiger partial charge in [-0.15, -0.1) is 0 Å². The van der Waals surface area contributed by atoms with Crippen LogP contribution in [0.5, 0.6) is 0 Å². The minimum absolute atomic E-state index is 0.0219. The second-order valence-corrected chi connectivity index (χ2v) is 5.85. The molecule has 17 heavy (non-hydrogen) atoms. The van der Waals surface area contributed by atoms with Crippen LogP contribution in [-0.4, -0.2) is 15.7 Å². The third-order valence-corrected chi connectivity index (χ3v) is 4.47. The minimum atomic E-state index is -1.41. The van der Waals surface area contributed by atoms with Crippen LogP contribution in [0.4, 0.5) is 4.39 Å². The molecular formula is C13H15FO2S. The lowest BCUT2D eigenvalue weighted by molar-refractivity contribution is -0.120. The number of hydrogen-bond acceptors (Lipinski definition) is 2. The van der Waals surface area contributed by atoms with Gasteiger partial charge in [0.2, 0.25) is 0 Å². The Hall–Kier alpha value is -1.03. The van der Waals surface area contributed by atoms with E-state index in [0.717, 1.165) is 25.7 Å². The van der Waals surface area contributed by atoms with Crippen molar-refractivity contribution in [3.05, 3.63) is 30.1 Å². The Kier molecular flexibility index (Phi) is 4.05. The smallest absolute Gasteiger partial charge is 0.148 e. The molecule has 0 heterocycles. The molecule has 1 aromatic rings. The number of halogens is 1. The number of carbonyl (C=O) groups excluding carboxylic acids is 1. The van der Waals surface area contributed by atoms with Crippen LogP contribution in [0.3, 0.4) is 0 Å². The molecule has 1 aromatic carbocycles. The molecule has 1 saturated carbocycles. The molecule has 4 heteroatoms. The standard InChI is InChI=1S/C13H15FO2S/c14-11-6-3-7-12(8-11)17(16)9-13(15)10-4-1-2-5-10/h3,6-8,10H,1-2,4-5,9H2. The molecule has 0 N–H and O–H groups in total. The molecule has 2 nitrogen and oxygen atoms in total. The fourth-order valence-corrected chi connectivity index (χ4v) is 3.32. The van der Waals surface area contributed by atoms with Crippen molar-refractivity contribution in [3.63, 3.8) is 0 Å². The van der Waals surface area contributed by atoms with Crippen molar-refractivity contribution in [3.8, 4) is 0 Å². The number of rotatable bonds is 4. The summed E-state index contributed by atoms with van der Waals surface area (Å²) in [6.45, 7) is 0. The van der Waals surface area contributed by atoms with E-state index in [1.54, 1.807) is 6.07 Å². The zero-order valence-electron chi connectivity index (χ0n) is 9.52. The van der Waals surface area contributed by atoms with Gasteiger partial charge in [0.25, 0.3) is 0 Å². The van der Waals surface area contributed by atoms with E-state index in [9.17, 15) is 13.4 Å². The zero-order valence-corrected chi connectivity index (χ0v) is 10.3. The highest BCUT2D eigenvalue weighted by Crippen LogP contribution is 2.26. The molecule has 0 aliphatic heterocycles. The molecule has 0 bridgehead atoms. The molecule has 0 spiro atoms. The highest BCUT2D eigenvalue weighted by Gasteiger charge is 2.24. The van der Waals surface area contributed by atoms with Crippen molar-refractivity contribution in [1.29, 1.82) is 0 Å². The maximum absolute atomic E-state index is 12.9. The van der Waals surface area contributed by atoms with E-state index in [2.05, 4.69) is 0 Å². The average Bonchev–Trinajstić information content (AvgIpc) is 2.82. The Labute approximate surface area is 103 Å². The molecule has 1 fully saturated rings. The van der Waals surface area contributed by atoms with E-state index in [1.807, 2.05) is 0 Å². The van der Waals surface area contributed by atoms with Gasteiger partial charge in [0.15, 0.2) is 0 Å². The quantitative estimate of drug-likeness (QED) is 0.828. The van der Waals surface area contributed by atoms with Crippen molar-refractivity contribution >= 4 is 16.6 Å². The summed E-state index contributed by atoms with van der Waals surface area (Å²) in [5.41, 5.74) is 0. The summed E-state index contributed by atoms with van der Waals surface area (Å²) in [6, 6.07) is 5.65. The number of carbonyl (C=O) groups is 1. The molecule has 1 aliphatic carbocycles. The molecule has 1 aliphatic rings. The van der Waals surface area contributed by atoms with Crippen molar-refractivity contribution in [1.82, 2.24) is 0 Å². The van der Waals surface area contributed by atoms with Crippen molar-refractivity contribution in [2.45, 2.75) is 30.6 Å². The zero-order chi connectivity index (χ0) is 12.3. The Morgan fingerprint density at radius 2 is 2.06 bits per heavy atom. The first kappa shape index (κ1) is 12.4. The predicted octanol–water partition coefficient (Wildman–Crippen LogP) is 2.69. The number of hydrogen-bond donors (Lipinski definition) is 0. The number of Topliss-reactive ketones (excluding diaryl/α,β-unsaturated/α-hetero) is 1. The molecule has 0 saturated heterocycles. The van der Waals surface area contributed by atoms with Crippen LogP contribution in [0.1, 0.15) is 25.7 Å². The third-order valence-electron chi connectivity index (χ3n) is 3.14. The third kappa shape index (κ3) is 3.22. The predicted molar refractivity (Wildman–Crippen MR) is 64.6 cm³/mol. The van der Waals surface area contributed by atoms with Crippen molar-refractivity contribution in [2.24, 2.45) is 5.92 Å². The first-order chi connectivity index (χ1) is 8.16. The van der Waals surface area contributed by atoms with Gasteiger partial charge in [0.05, 0.1) is 16.6 Å². The maximum Gasteiger partial charge on any atom is 0.148 e. The molecule has 2 rings (SSSR count). The molecular weight excluding hydrogens is 239 g/mol. The molecule has 1 unspecified atom stereocenters. The summed E-state index contributed by atoms with van der Waals surface area (Å²) < 4.78 is 24.8. The molecule has 0 aromatic heterocycles. The van der Waals surface area contributed by atoms with E-state index in [4.69, 9.17) is 0 Å². The molecule has 92 valence electrons. The summed E-state index contributed by atoms with van der Waals surface area (Å²) in [7, 11) is -1.41. The van der Waals surface area contributed by atoms with Gasteiger partial charge < -0.3 is 0 Å². The van der Waals surface area contributed by atoms with Crippen LogP contribution in [-0.2, 0) is 15.6 Å². The second kappa shape index (κ2) is 5.54. The van der Waals surface area contributed by atoms with Gasteiger partial charge in [-0.3, -0.25) is 9.00 Å². The van der Waals surface area contributed by atoms with Gasteiger partial charge in [-0.2, -0.15) is 0 Å². The van der Waals surface area contributed by atoms with Crippen LogP contribution in [0.15, 0.2) is 29.2 Å². The van der Waals surface area contributed by atoms with E-state index in [0.29, 0.717) is 4.90 Å². The van der Waals surface area contributed by atoms with Gasteiger partial charge >= 0.3 is 0 Å². The monoisotopic (exact) mass is 254 g/mol. The number of ketones is 1. The summed E-state index contributed by atoms with van der Waals surface area (Å²) in [5, 5.41) is 0.